The Morgan fingerprint density at radius 3 is 2.30 bits per heavy atom. The first-order chi connectivity index (χ1) is 14.1. The van der Waals surface area contributed by atoms with E-state index in [1.54, 1.807) is 32.3 Å². The Bertz CT molecular complexity index is 905. The lowest BCUT2D eigenvalue weighted by Crippen LogP contribution is -2.43. The number of rotatable bonds is 6. The van der Waals surface area contributed by atoms with E-state index in [0.29, 0.717) is 23.7 Å². The minimum atomic E-state index is -4.42. The van der Waals surface area contributed by atoms with Crippen molar-refractivity contribution < 1.29 is 32.5 Å². The molecule has 2 N–H and O–H groups in total. The third-order valence-corrected chi connectivity index (χ3v) is 4.84. The molecule has 2 amide bonds. The van der Waals surface area contributed by atoms with Crippen molar-refractivity contribution in [3.05, 3.63) is 48.0 Å². The van der Waals surface area contributed by atoms with Gasteiger partial charge in [0.2, 0.25) is 0 Å². The molecule has 1 aliphatic heterocycles. The molecule has 1 unspecified atom stereocenters. The Labute approximate surface area is 171 Å². The maximum Gasteiger partial charge on any atom is 0.416 e. The van der Waals surface area contributed by atoms with Crippen LogP contribution in [0.1, 0.15) is 5.56 Å². The second-order valence-electron chi connectivity index (χ2n) is 6.92. The van der Waals surface area contributed by atoms with Gasteiger partial charge in [0, 0.05) is 26.7 Å². The van der Waals surface area contributed by atoms with Gasteiger partial charge in [-0.1, -0.05) is 0 Å². The van der Waals surface area contributed by atoms with Crippen LogP contribution in [0, 0.1) is 0 Å². The number of halogens is 3. The molecule has 0 aromatic heterocycles. The van der Waals surface area contributed by atoms with Crippen LogP contribution in [0.25, 0.3) is 0 Å². The Hall–Kier alpha value is -3.14. The molecule has 2 atom stereocenters. The van der Waals surface area contributed by atoms with Gasteiger partial charge < -0.3 is 29.7 Å². The molecule has 0 radical (unpaired) electrons. The first kappa shape index (κ1) is 21.6. The highest BCUT2D eigenvalue weighted by Crippen LogP contribution is 2.34. The smallest absolute Gasteiger partial charge is 0.416 e. The van der Waals surface area contributed by atoms with Gasteiger partial charge in [-0.3, -0.25) is 0 Å². The van der Waals surface area contributed by atoms with E-state index in [4.69, 9.17) is 9.47 Å². The average Bonchev–Trinajstić information content (AvgIpc) is 2.95. The number of methoxy groups -OCH3 is 1. The van der Waals surface area contributed by atoms with Crippen molar-refractivity contribution in [1.29, 1.82) is 0 Å². The molecule has 0 bridgehead atoms. The van der Waals surface area contributed by atoms with Crippen LogP contribution < -0.4 is 14.8 Å². The third-order valence-electron chi connectivity index (χ3n) is 4.84. The SMILES string of the molecule is COc1ccc(Oc2ccc(C(F)(F)F)cc2)cc1NC(O)[C@H]1CN(C)C(=O)N1C. The number of amides is 2. The summed E-state index contributed by atoms with van der Waals surface area (Å²) >= 11 is 0. The molecule has 1 heterocycles. The maximum atomic E-state index is 12.7. The van der Waals surface area contributed by atoms with E-state index in [9.17, 15) is 23.1 Å². The topological polar surface area (TPSA) is 74.3 Å². The molecule has 0 aliphatic carbocycles. The number of anilines is 1. The largest absolute Gasteiger partial charge is 0.495 e. The fourth-order valence-corrected chi connectivity index (χ4v) is 3.17. The summed E-state index contributed by atoms with van der Waals surface area (Å²) < 4.78 is 49.0. The van der Waals surface area contributed by atoms with Crippen molar-refractivity contribution in [3.63, 3.8) is 0 Å². The average molecular weight is 425 g/mol. The minimum Gasteiger partial charge on any atom is -0.495 e. The number of benzene rings is 2. The van der Waals surface area contributed by atoms with Crippen molar-refractivity contribution >= 4 is 11.7 Å². The predicted molar refractivity (Wildman–Crippen MR) is 104 cm³/mol. The van der Waals surface area contributed by atoms with Gasteiger partial charge in [0.1, 0.15) is 23.5 Å². The zero-order valence-electron chi connectivity index (χ0n) is 16.6. The highest BCUT2D eigenvalue weighted by Gasteiger charge is 2.37. The summed E-state index contributed by atoms with van der Waals surface area (Å²) in [7, 11) is 4.70. The van der Waals surface area contributed by atoms with Crippen LogP contribution in [0.3, 0.4) is 0 Å². The number of nitrogens with zero attached hydrogens (tertiary/aromatic N) is 2. The number of urea groups is 1. The first-order valence-corrected chi connectivity index (χ1v) is 9.06. The second kappa shape index (κ2) is 8.31. The Morgan fingerprint density at radius 1 is 1.13 bits per heavy atom. The number of carbonyl (C=O) groups excluding carboxylic acids is 1. The molecule has 2 aromatic carbocycles. The van der Waals surface area contributed by atoms with E-state index in [0.717, 1.165) is 12.1 Å². The van der Waals surface area contributed by atoms with Gasteiger partial charge >= 0.3 is 12.2 Å². The number of alkyl halides is 3. The van der Waals surface area contributed by atoms with Crippen molar-refractivity contribution in [1.82, 2.24) is 9.80 Å². The zero-order chi connectivity index (χ0) is 22.1. The molecule has 1 fully saturated rings. The lowest BCUT2D eigenvalue weighted by Gasteiger charge is -2.26. The molecular formula is C20H22F3N3O4. The molecule has 10 heteroatoms. The highest BCUT2D eigenvalue weighted by molar-refractivity contribution is 5.76. The van der Waals surface area contributed by atoms with Crippen molar-refractivity contribution in [2.24, 2.45) is 0 Å². The fourth-order valence-electron chi connectivity index (χ4n) is 3.17. The van der Waals surface area contributed by atoms with Crippen LogP contribution in [0.2, 0.25) is 0 Å². The molecule has 162 valence electrons. The molecule has 1 saturated heterocycles. The van der Waals surface area contributed by atoms with Gasteiger partial charge in [0.25, 0.3) is 0 Å². The summed E-state index contributed by atoms with van der Waals surface area (Å²) in [4.78, 5) is 14.9. The minimum absolute atomic E-state index is 0.202. The van der Waals surface area contributed by atoms with E-state index >= 15 is 0 Å². The Morgan fingerprint density at radius 2 is 1.77 bits per heavy atom. The summed E-state index contributed by atoms with van der Waals surface area (Å²) in [5, 5.41) is 13.5. The van der Waals surface area contributed by atoms with Gasteiger partial charge in [-0.15, -0.1) is 0 Å². The summed E-state index contributed by atoms with van der Waals surface area (Å²) in [6.07, 6.45) is -5.51. The number of carbonyl (C=O) groups is 1. The molecule has 1 aliphatic rings. The molecular weight excluding hydrogens is 403 g/mol. The van der Waals surface area contributed by atoms with E-state index in [1.165, 1.54) is 29.0 Å². The molecule has 2 aromatic rings. The van der Waals surface area contributed by atoms with E-state index < -0.39 is 24.0 Å². The van der Waals surface area contributed by atoms with Crippen molar-refractivity contribution in [2.45, 2.75) is 18.4 Å². The summed E-state index contributed by atoms with van der Waals surface area (Å²) in [5.41, 5.74) is -0.361. The number of aliphatic hydroxyl groups excluding tert-OH is 1. The number of nitrogens with one attached hydrogen (secondary N) is 1. The monoisotopic (exact) mass is 425 g/mol. The van der Waals surface area contributed by atoms with Crippen LogP contribution in [0.4, 0.5) is 23.7 Å². The van der Waals surface area contributed by atoms with E-state index in [2.05, 4.69) is 5.32 Å². The summed E-state index contributed by atoms with van der Waals surface area (Å²) in [5.74, 6) is 0.981. The van der Waals surface area contributed by atoms with Crippen LogP contribution in [0.15, 0.2) is 42.5 Å². The Kier molecular flexibility index (Phi) is 5.97. The fraction of sp³-hybridized carbons (Fsp3) is 0.350. The van der Waals surface area contributed by atoms with Crippen LogP contribution in [-0.4, -0.2) is 61.0 Å². The molecule has 3 rings (SSSR count). The molecule has 0 saturated carbocycles. The molecule has 0 spiro atoms. The van der Waals surface area contributed by atoms with Gasteiger partial charge in [0.05, 0.1) is 24.4 Å². The summed E-state index contributed by atoms with van der Waals surface area (Å²) in [6, 6.07) is 8.39. The van der Waals surface area contributed by atoms with Gasteiger partial charge in [-0.05, 0) is 36.4 Å². The van der Waals surface area contributed by atoms with Crippen LogP contribution in [0.5, 0.6) is 17.2 Å². The van der Waals surface area contributed by atoms with E-state index in [-0.39, 0.29) is 11.8 Å². The van der Waals surface area contributed by atoms with Gasteiger partial charge in [-0.2, -0.15) is 13.2 Å². The predicted octanol–water partition coefficient (Wildman–Crippen LogP) is 3.60. The maximum absolute atomic E-state index is 12.7. The molecule has 30 heavy (non-hydrogen) atoms. The quantitative estimate of drug-likeness (QED) is 0.692. The standard InChI is InChI=1S/C20H22F3N3O4/c1-25-11-16(26(2)19(25)28)18(27)24-15-10-14(8-9-17(15)29-3)30-13-6-4-12(5-7-13)20(21,22)23/h4-10,16,18,24,27H,11H2,1-3H3/t16-,18?/m1/s1. The molecule has 7 nitrogen and oxygen atoms in total. The number of ether oxygens (including phenoxy) is 2. The zero-order valence-corrected chi connectivity index (χ0v) is 16.6. The normalized spacial score (nSPS) is 17.8. The lowest BCUT2D eigenvalue weighted by atomic mass is 10.2. The van der Waals surface area contributed by atoms with E-state index in [1.807, 2.05) is 0 Å². The second-order valence-corrected chi connectivity index (χ2v) is 6.92. The number of aliphatic hydroxyl groups is 1. The van der Waals surface area contributed by atoms with Crippen molar-refractivity contribution in [2.75, 3.05) is 33.1 Å². The number of likely N-dealkylation sites (N-methyl/N-ethyl adjacent to an activating group) is 2. The van der Waals surface area contributed by atoms with Crippen LogP contribution >= 0.6 is 0 Å². The van der Waals surface area contributed by atoms with Crippen LogP contribution in [-0.2, 0) is 6.18 Å². The third kappa shape index (κ3) is 4.54. The Balaban J connectivity index is 1.76. The first-order valence-electron chi connectivity index (χ1n) is 9.06. The number of hydrogen-bond acceptors (Lipinski definition) is 5. The lowest BCUT2D eigenvalue weighted by molar-refractivity contribution is -0.137. The summed E-state index contributed by atoms with van der Waals surface area (Å²) in [6.45, 7) is 0.341. The number of hydrogen-bond donors (Lipinski definition) is 2. The van der Waals surface area contributed by atoms with Crippen molar-refractivity contribution in [3.8, 4) is 17.2 Å². The van der Waals surface area contributed by atoms with Gasteiger partial charge in [0.15, 0.2) is 0 Å². The highest BCUT2D eigenvalue weighted by atomic mass is 19.4. The van der Waals surface area contributed by atoms with Gasteiger partial charge in [-0.25, -0.2) is 4.79 Å².